The first-order chi connectivity index (χ1) is 19.8. The minimum absolute atomic E-state index is 0.0657. The van der Waals surface area contributed by atoms with Crippen molar-refractivity contribution >= 4 is 23.9 Å². The molecule has 2 aromatic carbocycles. The second-order valence-electron chi connectivity index (χ2n) is 10.1. The second-order valence-corrected chi connectivity index (χ2v) is 10.1. The van der Waals surface area contributed by atoms with E-state index in [1.54, 1.807) is 0 Å². The first kappa shape index (κ1) is 34.1. The lowest BCUT2D eigenvalue weighted by atomic mass is 9.98. The highest BCUT2D eigenvalue weighted by Gasteiger charge is 2.38. The van der Waals surface area contributed by atoms with Gasteiger partial charge in [0.15, 0.2) is 0 Å². The number of carbonyl (C=O) groups excluding carboxylic acids is 3. The van der Waals surface area contributed by atoms with Crippen molar-refractivity contribution in [2.24, 2.45) is 11.7 Å². The number of hydrogen-bond acceptors (Lipinski definition) is 6. The zero-order valence-electron chi connectivity index (χ0n) is 23.5. The number of alkyl carbamates (subject to hydrolysis) is 1. The fraction of sp³-hybridized carbons (Fsp3) is 0.448. The number of aliphatic carboxylic acids is 1. The number of nitrogens with two attached hydrogens (primary N) is 1. The summed E-state index contributed by atoms with van der Waals surface area (Å²) in [6.45, 7) is 4.66. The zero-order valence-corrected chi connectivity index (χ0v) is 23.5. The molecule has 0 bridgehead atoms. The first-order valence-electron chi connectivity index (χ1n) is 13.6. The molecule has 2 aromatic rings. The topological polar surface area (TPSA) is 160 Å². The van der Waals surface area contributed by atoms with E-state index in [9.17, 15) is 27.6 Å². The summed E-state index contributed by atoms with van der Waals surface area (Å²) in [7, 11) is 0. The lowest BCUT2D eigenvalue weighted by molar-refractivity contribution is -0.192. The summed E-state index contributed by atoms with van der Waals surface area (Å²) >= 11 is 0. The van der Waals surface area contributed by atoms with E-state index in [-0.39, 0.29) is 24.3 Å². The van der Waals surface area contributed by atoms with Crippen LogP contribution in [0.25, 0.3) is 11.1 Å². The van der Waals surface area contributed by atoms with Gasteiger partial charge in [0.2, 0.25) is 5.91 Å². The number of hydrazine groups is 1. The number of rotatable bonds is 11. The predicted molar refractivity (Wildman–Crippen MR) is 149 cm³/mol. The summed E-state index contributed by atoms with van der Waals surface area (Å²) in [5, 5.41) is 9.79. The molecule has 0 spiro atoms. The van der Waals surface area contributed by atoms with E-state index in [1.807, 2.05) is 38.1 Å². The number of fused-ring (bicyclic) bond motifs is 3. The molecular formula is C29H37F3N4O6. The van der Waals surface area contributed by atoms with Crippen molar-refractivity contribution in [3.8, 4) is 11.1 Å². The molecule has 0 unspecified atom stereocenters. The molecule has 3 amide bonds. The van der Waals surface area contributed by atoms with Gasteiger partial charge in [-0.15, -0.1) is 0 Å². The highest BCUT2D eigenvalue weighted by Crippen LogP contribution is 2.44. The van der Waals surface area contributed by atoms with Gasteiger partial charge in [-0.25, -0.2) is 9.59 Å². The summed E-state index contributed by atoms with van der Waals surface area (Å²) in [4.78, 5) is 46.2. The molecule has 1 aliphatic rings. The van der Waals surface area contributed by atoms with Crippen LogP contribution in [0.2, 0.25) is 0 Å². The average molecular weight is 595 g/mol. The molecule has 0 fully saturated rings. The molecule has 3 rings (SSSR count). The van der Waals surface area contributed by atoms with Gasteiger partial charge < -0.3 is 20.9 Å². The van der Waals surface area contributed by atoms with E-state index in [0.717, 1.165) is 35.1 Å². The Morgan fingerprint density at radius 3 is 1.98 bits per heavy atom. The minimum Gasteiger partial charge on any atom is -0.475 e. The normalized spacial score (nSPS) is 12.7. The maximum Gasteiger partial charge on any atom is 0.490 e. The molecule has 13 heteroatoms. The number of carboxylic acids is 1. The Balaban J connectivity index is 0.000000782. The number of benzene rings is 2. The van der Waals surface area contributed by atoms with Crippen molar-refractivity contribution in [2.75, 3.05) is 13.2 Å². The third-order valence-corrected chi connectivity index (χ3v) is 6.33. The predicted octanol–water partition coefficient (Wildman–Crippen LogP) is 4.24. The lowest BCUT2D eigenvalue weighted by Crippen LogP contribution is -2.52. The largest absolute Gasteiger partial charge is 0.490 e. The van der Waals surface area contributed by atoms with Gasteiger partial charge in [0.25, 0.3) is 5.91 Å². The SMILES string of the molecule is CC(C)C[C@H](NC(=O)OCC1c2ccccc2-c2ccccc21)C(=O)NNC(=O)CCCCCN.O=C(O)C(F)(F)F. The Morgan fingerprint density at radius 2 is 1.48 bits per heavy atom. The lowest BCUT2D eigenvalue weighted by Gasteiger charge is -2.21. The number of ether oxygens (including phenoxy) is 1. The Morgan fingerprint density at radius 1 is 0.929 bits per heavy atom. The van der Waals surface area contributed by atoms with Crippen molar-refractivity contribution in [1.29, 1.82) is 0 Å². The van der Waals surface area contributed by atoms with Crippen molar-refractivity contribution in [3.05, 3.63) is 59.7 Å². The molecular weight excluding hydrogens is 557 g/mol. The standard InChI is InChI=1S/C27H36N4O4.C2HF3O2/c1-18(2)16-24(26(33)31-30-25(32)14-4-3-9-15-28)29-27(34)35-17-23-21-12-7-5-10-19(21)20-11-6-8-13-22(20)23;3-2(4,5)1(6)7/h5-8,10-13,18,23-24H,3-4,9,14-17,28H2,1-2H3,(H,29,34)(H,30,32)(H,31,33);(H,6,7)/t24-;/m0./s1. The number of carboxylic acid groups (broad SMARTS) is 1. The molecule has 0 aliphatic heterocycles. The van der Waals surface area contributed by atoms with Crippen LogP contribution >= 0.6 is 0 Å². The summed E-state index contributed by atoms with van der Waals surface area (Å²) in [6.07, 6.45) is -2.62. The van der Waals surface area contributed by atoms with Gasteiger partial charge in [-0.2, -0.15) is 13.2 Å². The molecule has 0 aromatic heterocycles. The van der Waals surface area contributed by atoms with Crippen LogP contribution in [0.1, 0.15) is 63.0 Å². The Kier molecular flexibility index (Phi) is 13.3. The number of hydrogen-bond donors (Lipinski definition) is 5. The summed E-state index contributed by atoms with van der Waals surface area (Å²) in [5.74, 6) is -3.44. The first-order valence-corrected chi connectivity index (χ1v) is 13.6. The third-order valence-electron chi connectivity index (χ3n) is 6.33. The highest BCUT2D eigenvalue weighted by atomic mass is 19.4. The van der Waals surface area contributed by atoms with Crippen LogP contribution in [0, 0.1) is 5.92 Å². The summed E-state index contributed by atoms with van der Waals surface area (Å²) < 4.78 is 37.3. The Bertz CT molecular complexity index is 1180. The van der Waals surface area contributed by atoms with Crippen LogP contribution in [0.5, 0.6) is 0 Å². The van der Waals surface area contributed by atoms with Gasteiger partial charge in [-0.1, -0.05) is 68.8 Å². The van der Waals surface area contributed by atoms with Gasteiger partial charge >= 0.3 is 18.2 Å². The van der Waals surface area contributed by atoms with Crippen LogP contribution in [0.3, 0.4) is 0 Å². The maximum atomic E-state index is 12.7. The monoisotopic (exact) mass is 594 g/mol. The van der Waals surface area contributed by atoms with E-state index < -0.39 is 30.2 Å². The summed E-state index contributed by atoms with van der Waals surface area (Å²) in [6, 6.07) is 15.4. The quantitative estimate of drug-likeness (QED) is 0.192. The maximum absolute atomic E-state index is 12.7. The van der Waals surface area contributed by atoms with Gasteiger partial charge in [-0.3, -0.25) is 20.4 Å². The zero-order chi connectivity index (χ0) is 31.3. The van der Waals surface area contributed by atoms with Crippen LogP contribution in [-0.4, -0.2) is 54.4 Å². The van der Waals surface area contributed by atoms with Gasteiger partial charge in [0.05, 0.1) is 0 Å². The third kappa shape index (κ3) is 10.7. The van der Waals surface area contributed by atoms with E-state index in [1.165, 1.54) is 0 Å². The van der Waals surface area contributed by atoms with Gasteiger partial charge in [-0.05, 0) is 54.0 Å². The second kappa shape index (κ2) is 16.3. The molecule has 10 nitrogen and oxygen atoms in total. The van der Waals surface area contributed by atoms with E-state index in [4.69, 9.17) is 20.4 Å². The van der Waals surface area contributed by atoms with Crippen LogP contribution in [-0.2, 0) is 19.1 Å². The molecule has 0 saturated heterocycles. The summed E-state index contributed by atoms with van der Waals surface area (Å²) in [5.41, 5.74) is 14.8. The Hall–Kier alpha value is -4.13. The molecule has 0 radical (unpaired) electrons. The van der Waals surface area contributed by atoms with Crippen LogP contribution in [0.15, 0.2) is 48.5 Å². The number of halogens is 3. The van der Waals surface area contributed by atoms with Crippen LogP contribution in [0.4, 0.5) is 18.0 Å². The number of nitrogens with one attached hydrogen (secondary N) is 3. The fourth-order valence-electron chi connectivity index (χ4n) is 4.37. The smallest absolute Gasteiger partial charge is 0.475 e. The number of unbranched alkanes of at least 4 members (excludes halogenated alkanes) is 2. The van der Waals surface area contributed by atoms with Crippen molar-refractivity contribution in [3.63, 3.8) is 0 Å². The fourth-order valence-corrected chi connectivity index (χ4v) is 4.37. The van der Waals surface area contributed by atoms with E-state index >= 15 is 0 Å². The molecule has 0 saturated carbocycles. The molecule has 230 valence electrons. The van der Waals surface area contributed by atoms with Crippen molar-refractivity contribution < 1.29 is 42.2 Å². The molecule has 1 atom stereocenters. The number of amides is 3. The van der Waals surface area contributed by atoms with E-state index in [2.05, 4.69) is 40.4 Å². The molecule has 42 heavy (non-hydrogen) atoms. The molecule has 1 aliphatic carbocycles. The van der Waals surface area contributed by atoms with Gasteiger partial charge in [0.1, 0.15) is 12.6 Å². The van der Waals surface area contributed by atoms with Crippen molar-refractivity contribution in [1.82, 2.24) is 16.2 Å². The van der Waals surface area contributed by atoms with Gasteiger partial charge in [0, 0.05) is 12.3 Å². The highest BCUT2D eigenvalue weighted by molar-refractivity contribution is 5.88. The van der Waals surface area contributed by atoms with Crippen LogP contribution < -0.4 is 21.9 Å². The van der Waals surface area contributed by atoms with Crippen molar-refractivity contribution in [2.45, 2.75) is 64.1 Å². The number of carbonyl (C=O) groups is 4. The van der Waals surface area contributed by atoms with E-state index in [0.29, 0.717) is 25.8 Å². The minimum atomic E-state index is -5.08. The molecule has 0 heterocycles. The number of alkyl halides is 3. The molecule has 6 N–H and O–H groups in total. The Labute approximate surface area is 242 Å². The average Bonchev–Trinajstić information content (AvgIpc) is 3.25.